The molecule has 0 aromatic rings. The number of rotatable bonds is 6. The molecule has 94 valence electrons. The van der Waals surface area contributed by atoms with Crippen LogP contribution in [0.1, 0.15) is 6.92 Å². The summed E-state index contributed by atoms with van der Waals surface area (Å²) in [5, 5.41) is 0. The lowest BCUT2D eigenvalue weighted by Crippen LogP contribution is -2.21. The largest absolute Gasteiger partial charge is 0.790 e. The number of ether oxygens (including phenoxy) is 1. The Hall–Kier alpha value is -0.490. The summed E-state index contributed by atoms with van der Waals surface area (Å²) in [7, 11) is -10.4. The quantitative estimate of drug-likeness (QED) is 0.323. The van der Waals surface area contributed by atoms with E-state index in [1.807, 2.05) is 0 Å². The number of carbonyl (C=O) groups is 1. The standard InChI is InChI=1S/C6H12O8P2/c1-5(2)6(7)13-3-4-15(8,9)14-16(10,11)12/h1,3-4H2,2H3,(H,8,9)(H2,10,11,12)/p-3. The third-order valence-electron chi connectivity index (χ3n) is 1.17. The van der Waals surface area contributed by atoms with Crippen LogP contribution in [0, 0.1) is 0 Å². The van der Waals surface area contributed by atoms with E-state index in [1.54, 1.807) is 0 Å². The third kappa shape index (κ3) is 7.76. The van der Waals surface area contributed by atoms with Gasteiger partial charge in [-0.3, -0.25) is 0 Å². The number of hydrogen-bond donors (Lipinski definition) is 0. The molecule has 0 saturated heterocycles. The number of carbonyl (C=O) groups excluding carboxylic acids is 1. The average molecular weight is 271 g/mol. The molecule has 0 bridgehead atoms. The predicted octanol–water partition coefficient (Wildman–Crippen LogP) is -1.50. The zero-order valence-electron chi connectivity index (χ0n) is 8.28. The van der Waals surface area contributed by atoms with E-state index < -0.39 is 34.2 Å². The summed E-state index contributed by atoms with van der Waals surface area (Å²) in [6.07, 6.45) is -0.902. The monoisotopic (exact) mass is 271 g/mol. The van der Waals surface area contributed by atoms with Crippen molar-refractivity contribution < 1.29 is 37.7 Å². The smallest absolute Gasteiger partial charge is 0.333 e. The minimum atomic E-state index is -5.60. The molecule has 0 radical (unpaired) electrons. The second-order valence-corrected chi connectivity index (χ2v) is 6.00. The second-order valence-electron chi connectivity index (χ2n) is 2.78. The molecule has 0 aliphatic rings. The number of phosphoric acid groups is 1. The average Bonchev–Trinajstić information content (AvgIpc) is 1.98. The molecular formula is C6H9O8P2-3. The van der Waals surface area contributed by atoms with Crippen molar-refractivity contribution in [2.45, 2.75) is 6.92 Å². The van der Waals surface area contributed by atoms with Gasteiger partial charge in [0, 0.05) is 11.7 Å². The molecule has 0 aromatic carbocycles. The van der Waals surface area contributed by atoms with Gasteiger partial charge >= 0.3 is 5.97 Å². The Labute approximate surface area is 91.7 Å². The maximum Gasteiger partial charge on any atom is 0.333 e. The molecule has 0 spiro atoms. The van der Waals surface area contributed by atoms with Crippen LogP contribution in [0.2, 0.25) is 0 Å². The van der Waals surface area contributed by atoms with Crippen LogP contribution in [0.3, 0.4) is 0 Å². The minimum absolute atomic E-state index is 0.0555. The molecular weight excluding hydrogens is 262 g/mol. The van der Waals surface area contributed by atoms with Crippen molar-refractivity contribution in [1.82, 2.24) is 0 Å². The Kier molecular flexibility index (Phi) is 5.55. The normalized spacial score (nSPS) is 15.2. The van der Waals surface area contributed by atoms with Crippen LogP contribution in [-0.4, -0.2) is 18.7 Å². The maximum atomic E-state index is 10.8. The van der Waals surface area contributed by atoms with Crippen LogP contribution >= 0.6 is 15.4 Å². The van der Waals surface area contributed by atoms with E-state index in [1.165, 1.54) is 6.92 Å². The lowest BCUT2D eigenvalue weighted by molar-refractivity contribution is -0.337. The van der Waals surface area contributed by atoms with E-state index in [-0.39, 0.29) is 5.57 Å². The molecule has 1 atom stereocenters. The lowest BCUT2D eigenvalue weighted by atomic mass is 10.4. The fourth-order valence-corrected chi connectivity index (χ4v) is 2.43. The van der Waals surface area contributed by atoms with E-state index in [0.717, 1.165) is 0 Å². The fraction of sp³-hybridized carbons (Fsp3) is 0.500. The van der Waals surface area contributed by atoms with Gasteiger partial charge in [0.15, 0.2) is 0 Å². The summed E-state index contributed by atoms with van der Waals surface area (Å²) >= 11 is 0. The van der Waals surface area contributed by atoms with Gasteiger partial charge in [-0.15, -0.1) is 0 Å². The Morgan fingerprint density at radius 3 is 2.19 bits per heavy atom. The third-order valence-corrected chi connectivity index (χ3v) is 3.70. The van der Waals surface area contributed by atoms with E-state index in [0.29, 0.717) is 0 Å². The molecule has 0 heterocycles. The first kappa shape index (κ1) is 15.5. The molecule has 0 fully saturated rings. The summed E-state index contributed by atoms with van der Waals surface area (Å²) in [4.78, 5) is 41.6. The van der Waals surface area contributed by atoms with Crippen LogP contribution in [0.4, 0.5) is 0 Å². The molecule has 0 rings (SSSR count). The molecule has 0 aromatic heterocycles. The van der Waals surface area contributed by atoms with Crippen molar-refractivity contribution in [3.05, 3.63) is 12.2 Å². The lowest BCUT2D eigenvalue weighted by Gasteiger charge is -2.35. The molecule has 0 N–H and O–H groups in total. The first-order valence-electron chi connectivity index (χ1n) is 3.89. The summed E-state index contributed by atoms with van der Waals surface area (Å²) < 4.78 is 28.5. The van der Waals surface area contributed by atoms with Gasteiger partial charge in [0.2, 0.25) is 0 Å². The SMILES string of the molecule is C=C(C)C(=O)OCCP(=O)([O-])OP(=O)([O-])[O-]. The Balaban J connectivity index is 4.11. The highest BCUT2D eigenvalue weighted by atomic mass is 31.3. The molecule has 10 heteroatoms. The first-order valence-corrected chi connectivity index (χ1v) is 7.08. The van der Waals surface area contributed by atoms with Crippen molar-refractivity contribution in [2.24, 2.45) is 0 Å². The Morgan fingerprint density at radius 1 is 1.31 bits per heavy atom. The van der Waals surface area contributed by atoms with Gasteiger partial charge in [0.1, 0.15) is 7.60 Å². The van der Waals surface area contributed by atoms with Crippen molar-refractivity contribution in [2.75, 3.05) is 12.8 Å². The van der Waals surface area contributed by atoms with Crippen molar-refractivity contribution in [3.63, 3.8) is 0 Å². The van der Waals surface area contributed by atoms with Crippen molar-refractivity contribution >= 4 is 21.4 Å². The fourth-order valence-electron chi connectivity index (χ4n) is 0.567. The molecule has 8 nitrogen and oxygen atoms in total. The maximum absolute atomic E-state index is 10.8. The molecule has 0 amide bonds. The van der Waals surface area contributed by atoms with Crippen LogP contribution in [-0.2, 0) is 23.0 Å². The Bertz CT molecular complexity index is 369. The number of hydrogen-bond acceptors (Lipinski definition) is 8. The summed E-state index contributed by atoms with van der Waals surface area (Å²) in [5.41, 5.74) is 0.0555. The summed E-state index contributed by atoms with van der Waals surface area (Å²) in [5.74, 6) is -0.826. The zero-order valence-corrected chi connectivity index (χ0v) is 10.1. The summed E-state index contributed by atoms with van der Waals surface area (Å²) in [6, 6.07) is 0. The van der Waals surface area contributed by atoms with Gasteiger partial charge in [-0.25, -0.2) is 4.79 Å². The van der Waals surface area contributed by atoms with E-state index >= 15 is 0 Å². The zero-order chi connectivity index (χ0) is 13.0. The van der Waals surface area contributed by atoms with Crippen LogP contribution in [0.25, 0.3) is 0 Å². The van der Waals surface area contributed by atoms with E-state index in [9.17, 15) is 28.6 Å². The van der Waals surface area contributed by atoms with Gasteiger partial charge in [-0.1, -0.05) is 6.58 Å². The van der Waals surface area contributed by atoms with Crippen molar-refractivity contribution in [1.29, 1.82) is 0 Å². The molecule has 0 aliphatic heterocycles. The highest BCUT2D eigenvalue weighted by Crippen LogP contribution is 2.49. The highest BCUT2D eigenvalue weighted by molar-refractivity contribution is 7.61. The molecule has 0 saturated carbocycles. The van der Waals surface area contributed by atoms with Gasteiger partial charge < -0.3 is 32.9 Å². The van der Waals surface area contributed by atoms with Crippen LogP contribution < -0.4 is 14.7 Å². The first-order chi connectivity index (χ1) is 7.03. The number of esters is 1. The molecule has 1 unspecified atom stereocenters. The topological polar surface area (TPSA) is 139 Å². The minimum Gasteiger partial charge on any atom is -0.790 e. The van der Waals surface area contributed by atoms with E-state index in [2.05, 4.69) is 15.6 Å². The summed E-state index contributed by atoms with van der Waals surface area (Å²) in [6.45, 7) is 3.96. The predicted molar refractivity (Wildman–Crippen MR) is 46.9 cm³/mol. The van der Waals surface area contributed by atoms with Crippen LogP contribution in [0.15, 0.2) is 12.2 Å². The molecule has 16 heavy (non-hydrogen) atoms. The van der Waals surface area contributed by atoms with Gasteiger partial charge in [0.25, 0.3) is 0 Å². The highest BCUT2D eigenvalue weighted by Gasteiger charge is 2.12. The van der Waals surface area contributed by atoms with E-state index in [4.69, 9.17) is 0 Å². The van der Waals surface area contributed by atoms with Crippen molar-refractivity contribution in [3.8, 4) is 0 Å². The second kappa shape index (κ2) is 5.72. The van der Waals surface area contributed by atoms with Gasteiger partial charge in [0.05, 0.1) is 14.4 Å². The van der Waals surface area contributed by atoms with Gasteiger partial charge in [-0.2, -0.15) is 0 Å². The van der Waals surface area contributed by atoms with Gasteiger partial charge in [-0.05, 0) is 6.92 Å². The van der Waals surface area contributed by atoms with Crippen LogP contribution in [0.5, 0.6) is 0 Å². The molecule has 0 aliphatic carbocycles. The Morgan fingerprint density at radius 2 is 1.81 bits per heavy atom.